The highest BCUT2D eigenvalue weighted by Gasteiger charge is 2.32. The average Bonchev–Trinajstić information content (AvgIpc) is 2.77. The van der Waals surface area contributed by atoms with E-state index >= 15 is 0 Å². The van der Waals surface area contributed by atoms with Gasteiger partial charge in [-0.15, -0.1) is 0 Å². The molecule has 0 saturated carbocycles. The van der Waals surface area contributed by atoms with E-state index in [0.717, 1.165) is 11.3 Å². The molecule has 2 rings (SSSR count). The zero-order valence-electron chi connectivity index (χ0n) is 10.2. The first-order chi connectivity index (χ1) is 8.50. The quantitative estimate of drug-likeness (QED) is 0.878. The zero-order valence-corrected chi connectivity index (χ0v) is 11.0. The first-order valence-electron chi connectivity index (χ1n) is 5.85. The van der Waals surface area contributed by atoms with Crippen molar-refractivity contribution in [2.75, 3.05) is 18.1 Å². The highest BCUT2D eigenvalue weighted by Crippen LogP contribution is 2.27. The topological polar surface area (TPSA) is 49.3 Å². The van der Waals surface area contributed by atoms with Crippen LogP contribution in [-0.4, -0.2) is 34.7 Å². The molecule has 1 aromatic rings. The molecule has 1 amide bonds. The third-order valence-corrected chi connectivity index (χ3v) is 4.26. The summed E-state index contributed by atoms with van der Waals surface area (Å²) in [5.41, 5.74) is 0.0154. The average molecular weight is 269 g/mol. The number of thioether (sulfide) groups is 1. The minimum Gasteiger partial charge on any atom is -0.387 e. The second-order valence-corrected chi connectivity index (χ2v) is 5.80. The van der Waals surface area contributed by atoms with Crippen molar-refractivity contribution < 1.29 is 14.3 Å². The normalized spacial score (nSPS) is 23.1. The minimum atomic E-state index is -0.847. The van der Waals surface area contributed by atoms with E-state index in [4.69, 9.17) is 0 Å². The summed E-state index contributed by atoms with van der Waals surface area (Å²) in [6, 6.07) is 4.41. The van der Waals surface area contributed by atoms with E-state index in [0.29, 0.717) is 12.2 Å². The summed E-state index contributed by atoms with van der Waals surface area (Å²) in [4.78, 5) is 11.8. The molecule has 1 fully saturated rings. The number of carbonyl (C=O) groups is 1. The zero-order chi connectivity index (χ0) is 13.2. The van der Waals surface area contributed by atoms with Crippen LogP contribution < -0.4 is 5.32 Å². The van der Waals surface area contributed by atoms with E-state index in [1.54, 1.807) is 24.8 Å². The van der Waals surface area contributed by atoms with Crippen molar-refractivity contribution in [1.29, 1.82) is 0 Å². The van der Waals surface area contributed by atoms with Crippen LogP contribution in [0.25, 0.3) is 0 Å². The Balaban J connectivity index is 2.01. The Bertz CT molecular complexity index is 458. The van der Waals surface area contributed by atoms with Gasteiger partial charge in [0.1, 0.15) is 5.82 Å². The molecular weight excluding hydrogens is 253 g/mol. The molecule has 1 unspecified atom stereocenters. The van der Waals surface area contributed by atoms with Crippen molar-refractivity contribution in [2.45, 2.75) is 18.9 Å². The summed E-state index contributed by atoms with van der Waals surface area (Å²) in [5.74, 6) is 0.502. The van der Waals surface area contributed by atoms with Gasteiger partial charge in [-0.25, -0.2) is 4.39 Å². The highest BCUT2D eigenvalue weighted by atomic mass is 32.2. The molecule has 5 heteroatoms. The number of aliphatic hydroxyl groups is 1. The third kappa shape index (κ3) is 3.03. The fourth-order valence-corrected chi connectivity index (χ4v) is 3.18. The highest BCUT2D eigenvalue weighted by molar-refractivity contribution is 7.99. The molecule has 98 valence electrons. The van der Waals surface area contributed by atoms with Crippen molar-refractivity contribution >= 4 is 17.7 Å². The second kappa shape index (κ2) is 5.28. The van der Waals surface area contributed by atoms with Gasteiger partial charge < -0.3 is 10.4 Å². The van der Waals surface area contributed by atoms with E-state index in [-0.39, 0.29) is 12.1 Å². The van der Waals surface area contributed by atoms with E-state index in [2.05, 4.69) is 5.32 Å². The molecule has 18 heavy (non-hydrogen) atoms. The van der Waals surface area contributed by atoms with Crippen LogP contribution >= 0.6 is 11.8 Å². The van der Waals surface area contributed by atoms with Gasteiger partial charge in [0.2, 0.25) is 0 Å². The van der Waals surface area contributed by atoms with Crippen LogP contribution in [0.2, 0.25) is 0 Å². The van der Waals surface area contributed by atoms with Crippen molar-refractivity contribution in [2.24, 2.45) is 0 Å². The molecule has 0 bridgehead atoms. The fraction of sp³-hybridized carbons (Fsp3) is 0.462. The lowest BCUT2D eigenvalue weighted by atomic mass is 10.0. The van der Waals surface area contributed by atoms with Gasteiger partial charge >= 0.3 is 0 Å². The Hall–Kier alpha value is -1.07. The Labute approximate surface area is 110 Å². The fourth-order valence-electron chi connectivity index (χ4n) is 1.89. The monoisotopic (exact) mass is 269 g/mol. The number of halogens is 1. The molecule has 0 radical (unpaired) electrons. The van der Waals surface area contributed by atoms with Crippen LogP contribution in [0.4, 0.5) is 4.39 Å². The van der Waals surface area contributed by atoms with E-state index in [1.807, 2.05) is 0 Å². The predicted molar refractivity (Wildman–Crippen MR) is 70.4 cm³/mol. The molecule has 1 heterocycles. The van der Waals surface area contributed by atoms with E-state index in [1.165, 1.54) is 12.1 Å². The molecule has 2 N–H and O–H groups in total. The lowest BCUT2D eigenvalue weighted by molar-refractivity contribution is 0.0611. The predicted octanol–water partition coefficient (Wildman–Crippen LogP) is 1.73. The first-order valence-corrected chi connectivity index (χ1v) is 7.00. The number of nitrogens with one attached hydrogen (secondary N) is 1. The van der Waals surface area contributed by atoms with Gasteiger partial charge in [-0.1, -0.05) is 11.6 Å². The van der Waals surface area contributed by atoms with E-state index in [9.17, 15) is 14.3 Å². The van der Waals surface area contributed by atoms with Crippen LogP contribution in [0.5, 0.6) is 0 Å². The van der Waals surface area contributed by atoms with E-state index < -0.39 is 17.3 Å². The SMILES string of the molecule is Cc1ccc(F)c(C(=O)NCC2(O)CCSC2)c1. The van der Waals surface area contributed by atoms with Crippen LogP contribution in [-0.2, 0) is 0 Å². The summed E-state index contributed by atoms with van der Waals surface area (Å²) in [5, 5.41) is 12.7. The summed E-state index contributed by atoms with van der Waals surface area (Å²) < 4.78 is 13.5. The lowest BCUT2D eigenvalue weighted by Crippen LogP contribution is -2.43. The Morgan fingerprint density at radius 1 is 1.61 bits per heavy atom. The smallest absolute Gasteiger partial charge is 0.254 e. The summed E-state index contributed by atoms with van der Waals surface area (Å²) in [6.45, 7) is 1.98. The third-order valence-electron chi connectivity index (χ3n) is 3.03. The molecule has 1 aromatic carbocycles. The molecule has 1 aliphatic heterocycles. The minimum absolute atomic E-state index is 0.0317. The number of carbonyl (C=O) groups excluding carboxylic acids is 1. The molecule has 3 nitrogen and oxygen atoms in total. The van der Waals surface area contributed by atoms with Crippen LogP contribution in [0.15, 0.2) is 18.2 Å². The number of benzene rings is 1. The Morgan fingerprint density at radius 3 is 3.06 bits per heavy atom. The van der Waals surface area contributed by atoms with Gasteiger partial charge in [-0.3, -0.25) is 4.79 Å². The molecule has 1 atom stereocenters. The molecule has 0 aliphatic carbocycles. The number of hydrogen-bond acceptors (Lipinski definition) is 3. The van der Waals surface area contributed by atoms with Crippen molar-refractivity contribution in [3.05, 3.63) is 35.1 Å². The second-order valence-electron chi connectivity index (χ2n) is 4.69. The maximum atomic E-state index is 13.5. The van der Waals surface area contributed by atoms with Gasteiger partial charge in [0.25, 0.3) is 5.91 Å². The number of aryl methyl sites for hydroxylation is 1. The van der Waals surface area contributed by atoms with Gasteiger partial charge in [0.05, 0.1) is 11.2 Å². The van der Waals surface area contributed by atoms with Crippen LogP contribution in [0.3, 0.4) is 0 Å². The number of amides is 1. The molecule has 0 aromatic heterocycles. The van der Waals surface area contributed by atoms with Crippen molar-refractivity contribution in [3.8, 4) is 0 Å². The molecule has 1 saturated heterocycles. The Kier molecular flexibility index (Phi) is 3.92. The maximum absolute atomic E-state index is 13.5. The first kappa shape index (κ1) is 13.4. The van der Waals surface area contributed by atoms with Gasteiger partial charge in [0.15, 0.2) is 0 Å². The summed E-state index contributed by atoms with van der Waals surface area (Å²) in [6.07, 6.45) is 0.661. The number of hydrogen-bond donors (Lipinski definition) is 2. The summed E-state index contributed by atoms with van der Waals surface area (Å²) >= 11 is 1.66. The molecular formula is C13H16FNO2S. The van der Waals surface area contributed by atoms with Gasteiger partial charge in [-0.05, 0) is 31.2 Å². The molecule has 1 aliphatic rings. The largest absolute Gasteiger partial charge is 0.387 e. The standard InChI is InChI=1S/C13H16FNO2S/c1-9-2-3-11(14)10(6-9)12(16)15-7-13(17)4-5-18-8-13/h2-3,6,17H,4-5,7-8H2,1H3,(H,15,16). The van der Waals surface area contributed by atoms with Gasteiger partial charge in [-0.2, -0.15) is 11.8 Å². The summed E-state index contributed by atoms with van der Waals surface area (Å²) in [7, 11) is 0. The Morgan fingerprint density at radius 2 is 2.39 bits per heavy atom. The molecule has 0 spiro atoms. The maximum Gasteiger partial charge on any atom is 0.254 e. The van der Waals surface area contributed by atoms with Crippen LogP contribution in [0.1, 0.15) is 22.3 Å². The van der Waals surface area contributed by atoms with Crippen LogP contribution in [0, 0.1) is 12.7 Å². The van der Waals surface area contributed by atoms with Crippen molar-refractivity contribution in [1.82, 2.24) is 5.32 Å². The number of rotatable bonds is 3. The lowest BCUT2D eigenvalue weighted by Gasteiger charge is -2.21. The van der Waals surface area contributed by atoms with Crippen molar-refractivity contribution in [3.63, 3.8) is 0 Å². The van der Waals surface area contributed by atoms with Gasteiger partial charge in [0, 0.05) is 12.3 Å².